The Balaban J connectivity index is 1.82. The Morgan fingerprint density at radius 1 is 1.20 bits per heavy atom. The van der Waals surface area contributed by atoms with Crippen molar-refractivity contribution >= 4 is 10.8 Å². The van der Waals surface area contributed by atoms with Gasteiger partial charge in [-0.25, -0.2) is 0 Å². The molecule has 1 saturated carbocycles. The van der Waals surface area contributed by atoms with Crippen molar-refractivity contribution in [1.82, 2.24) is 0 Å². The monoisotopic (exact) mass is 295 g/mol. The number of hydrogen-bond donors (Lipinski definition) is 1. The average Bonchev–Trinajstić information content (AvgIpc) is 2.48. The number of benzene rings is 1. The van der Waals surface area contributed by atoms with E-state index < -0.39 is 10.8 Å². The van der Waals surface area contributed by atoms with Gasteiger partial charge in [0.2, 0.25) is 0 Å². The van der Waals surface area contributed by atoms with Crippen molar-refractivity contribution in [3.05, 3.63) is 18.2 Å². The van der Waals surface area contributed by atoms with Crippen LogP contribution in [0.3, 0.4) is 0 Å². The van der Waals surface area contributed by atoms with Crippen molar-refractivity contribution in [3.8, 4) is 11.5 Å². The van der Waals surface area contributed by atoms with Gasteiger partial charge in [-0.15, -0.1) is 0 Å². The second kappa shape index (κ2) is 5.74. The zero-order valence-corrected chi connectivity index (χ0v) is 12.5. The predicted octanol–water partition coefficient (Wildman–Crippen LogP) is 2.08. The molecular formula is C15H21NO3S. The molecule has 1 aliphatic carbocycles. The lowest BCUT2D eigenvalue weighted by atomic mass is 9.87. The number of ether oxygens (including phenoxy) is 2. The van der Waals surface area contributed by atoms with Gasteiger partial charge < -0.3 is 15.2 Å². The molecule has 4 atom stereocenters. The molecule has 5 heteroatoms. The second-order valence-electron chi connectivity index (χ2n) is 5.72. The van der Waals surface area contributed by atoms with Crippen LogP contribution in [0.1, 0.15) is 26.2 Å². The molecule has 0 radical (unpaired) electrons. The molecule has 110 valence electrons. The van der Waals surface area contributed by atoms with E-state index in [4.69, 9.17) is 15.2 Å². The van der Waals surface area contributed by atoms with Gasteiger partial charge in [0, 0.05) is 17.0 Å². The van der Waals surface area contributed by atoms with Crippen LogP contribution in [0.4, 0.5) is 0 Å². The summed E-state index contributed by atoms with van der Waals surface area (Å²) in [4.78, 5) is 0.795. The first kappa shape index (κ1) is 13.9. The van der Waals surface area contributed by atoms with E-state index in [2.05, 4.69) is 6.92 Å². The Hall–Kier alpha value is -1.07. The number of rotatable bonds is 2. The van der Waals surface area contributed by atoms with Crippen LogP contribution in [-0.2, 0) is 10.8 Å². The molecule has 1 aliphatic heterocycles. The van der Waals surface area contributed by atoms with E-state index in [0.717, 1.165) is 29.9 Å². The predicted molar refractivity (Wildman–Crippen MR) is 78.6 cm³/mol. The summed E-state index contributed by atoms with van der Waals surface area (Å²) in [5.41, 5.74) is 6.17. The molecule has 1 aromatic carbocycles. The SMILES string of the molecule is CC1CCC(N)C(S(=O)c2ccc3c(c2)OCCO3)C1. The molecule has 0 amide bonds. The molecule has 3 rings (SSSR count). The van der Waals surface area contributed by atoms with Gasteiger partial charge in [-0.2, -0.15) is 0 Å². The van der Waals surface area contributed by atoms with Crippen LogP contribution in [0.25, 0.3) is 0 Å². The molecule has 4 nitrogen and oxygen atoms in total. The maximum Gasteiger partial charge on any atom is 0.162 e. The lowest BCUT2D eigenvalue weighted by Crippen LogP contribution is -2.42. The minimum atomic E-state index is -1.08. The summed E-state index contributed by atoms with van der Waals surface area (Å²) in [6.07, 6.45) is 3.03. The first-order chi connectivity index (χ1) is 9.65. The number of nitrogens with two attached hydrogens (primary N) is 1. The largest absolute Gasteiger partial charge is 0.486 e. The molecule has 0 spiro atoms. The molecule has 1 aromatic rings. The lowest BCUT2D eigenvalue weighted by Gasteiger charge is -2.32. The second-order valence-corrected chi connectivity index (χ2v) is 7.40. The summed E-state index contributed by atoms with van der Waals surface area (Å²) in [6.45, 7) is 3.32. The zero-order chi connectivity index (χ0) is 14.1. The fourth-order valence-electron chi connectivity index (χ4n) is 2.92. The van der Waals surface area contributed by atoms with Crippen LogP contribution >= 0.6 is 0 Å². The fraction of sp³-hybridized carbons (Fsp3) is 0.600. The highest BCUT2D eigenvalue weighted by Gasteiger charge is 2.31. The summed E-state index contributed by atoms with van der Waals surface area (Å²) >= 11 is 0. The number of hydrogen-bond acceptors (Lipinski definition) is 4. The van der Waals surface area contributed by atoms with Gasteiger partial charge >= 0.3 is 0 Å². The smallest absolute Gasteiger partial charge is 0.162 e. The van der Waals surface area contributed by atoms with Gasteiger partial charge in [-0.05, 0) is 37.3 Å². The van der Waals surface area contributed by atoms with Crippen molar-refractivity contribution in [3.63, 3.8) is 0 Å². The highest BCUT2D eigenvalue weighted by atomic mass is 32.2. The normalized spacial score (nSPS) is 30.8. The van der Waals surface area contributed by atoms with Crippen molar-refractivity contribution in [1.29, 1.82) is 0 Å². The zero-order valence-electron chi connectivity index (χ0n) is 11.7. The molecule has 2 N–H and O–H groups in total. The molecule has 2 aliphatic rings. The summed E-state index contributed by atoms with van der Waals surface area (Å²) in [5.74, 6) is 2.03. The maximum atomic E-state index is 12.8. The van der Waals surface area contributed by atoms with Crippen LogP contribution in [0.15, 0.2) is 23.1 Å². The van der Waals surface area contributed by atoms with E-state index in [1.165, 1.54) is 0 Å². The standard InChI is InChI=1S/C15H21NO3S/c1-10-2-4-12(16)15(8-10)20(17)11-3-5-13-14(9-11)19-7-6-18-13/h3,5,9-10,12,15H,2,4,6-8,16H2,1H3. The van der Waals surface area contributed by atoms with Gasteiger partial charge in [0.1, 0.15) is 13.2 Å². The molecule has 4 unspecified atom stereocenters. The third kappa shape index (κ3) is 2.69. The van der Waals surface area contributed by atoms with E-state index in [0.29, 0.717) is 24.9 Å². The van der Waals surface area contributed by atoms with Crippen molar-refractivity contribution in [2.75, 3.05) is 13.2 Å². The Bertz CT molecular complexity index is 520. The third-order valence-electron chi connectivity index (χ3n) is 4.13. The third-order valence-corrected chi connectivity index (χ3v) is 5.94. The lowest BCUT2D eigenvalue weighted by molar-refractivity contribution is 0.171. The average molecular weight is 295 g/mol. The Labute approximate surface area is 122 Å². The van der Waals surface area contributed by atoms with Crippen molar-refractivity contribution in [2.24, 2.45) is 11.7 Å². The Morgan fingerprint density at radius 3 is 2.75 bits per heavy atom. The van der Waals surface area contributed by atoms with Gasteiger partial charge in [0.25, 0.3) is 0 Å². The van der Waals surface area contributed by atoms with Crippen LogP contribution in [0, 0.1) is 5.92 Å². The molecule has 0 aromatic heterocycles. The fourth-order valence-corrected chi connectivity index (χ4v) is 4.65. The molecule has 0 bridgehead atoms. The summed E-state index contributed by atoms with van der Waals surface area (Å²) < 4.78 is 23.8. The van der Waals surface area contributed by atoms with Crippen LogP contribution in [-0.4, -0.2) is 28.7 Å². The van der Waals surface area contributed by atoms with Crippen LogP contribution in [0.2, 0.25) is 0 Å². The minimum Gasteiger partial charge on any atom is -0.486 e. The topological polar surface area (TPSA) is 61.6 Å². The minimum absolute atomic E-state index is 0.0280. The van der Waals surface area contributed by atoms with E-state index in [1.807, 2.05) is 18.2 Å². The first-order valence-corrected chi connectivity index (χ1v) is 8.42. The van der Waals surface area contributed by atoms with Gasteiger partial charge in [0.15, 0.2) is 11.5 Å². The molecule has 0 saturated heterocycles. The molecule has 1 fully saturated rings. The van der Waals surface area contributed by atoms with Gasteiger partial charge in [-0.1, -0.05) is 6.92 Å². The quantitative estimate of drug-likeness (QED) is 0.907. The Morgan fingerprint density at radius 2 is 1.95 bits per heavy atom. The summed E-state index contributed by atoms with van der Waals surface area (Å²) in [7, 11) is -1.08. The van der Waals surface area contributed by atoms with E-state index in [1.54, 1.807) is 0 Å². The van der Waals surface area contributed by atoms with Crippen molar-refractivity contribution in [2.45, 2.75) is 42.4 Å². The number of fused-ring (bicyclic) bond motifs is 1. The Kier molecular flexibility index (Phi) is 3.98. The van der Waals surface area contributed by atoms with Crippen LogP contribution < -0.4 is 15.2 Å². The summed E-state index contributed by atoms with van der Waals surface area (Å²) in [5, 5.41) is 0.0429. The highest BCUT2D eigenvalue weighted by Crippen LogP contribution is 2.34. The highest BCUT2D eigenvalue weighted by molar-refractivity contribution is 7.85. The molecule has 20 heavy (non-hydrogen) atoms. The maximum absolute atomic E-state index is 12.8. The van der Waals surface area contributed by atoms with Crippen LogP contribution in [0.5, 0.6) is 11.5 Å². The van der Waals surface area contributed by atoms with Gasteiger partial charge in [0.05, 0.1) is 16.0 Å². The molecule has 1 heterocycles. The molecular weight excluding hydrogens is 274 g/mol. The van der Waals surface area contributed by atoms with Gasteiger partial charge in [-0.3, -0.25) is 4.21 Å². The van der Waals surface area contributed by atoms with E-state index >= 15 is 0 Å². The summed E-state index contributed by atoms with van der Waals surface area (Å²) in [6, 6.07) is 5.59. The van der Waals surface area contributed by atoms with E-state index in [-0.39, 0.29) is 11.3 Å². The van der Waals surface area contributed by atoms with Crippen molar-refractivity contribution < 1.29 is 13.7 Å². The van der Waals surface area contributed by atoms with E-state index in [9.17, 15) is 4.21 Å². The first-order valence-electron chi connectivity index (χ1n) is 7.21.